The zero-order valence-corrected chi connectivity index (χ0v) is 13.2. The summed E-state index contributed by atoms with van der Waals surface area (Å²) < 4.78 is 6.41. The molecule has 0 bridgehead atoms. The van der Waals surface area contributed by atoms with E-state index in [2.05, 4.69) is 0 Å². The molecule has 0 aliphatic carbocycles. The van der Waals surface area contributed by atoms with Gasteiger partial charge in [-0.15, -0.1) is 0 Å². The molecule has 1 aromatic heterocycles. The average molecular weight is 394 g/mol. The number of hydrogen-bond donors (Lipinski definition) is 2. The minimum absolute atomic E-state index is 0.0701. The van der Waals surface area contributed by atoms with Gasteiger partial charge in [0.05, 0.1) is 8.96 Å². The number of halogens is 1. The number of phenols is 2. The minimum atomic E-state index is -0.176. The molecule has 0 amide bonds. The van der Waals surface area contributed by atoms with E-state index in [0.29, 0.717) is 25.8 Å². The van der Waals surface area contributed by atoms with Gasteiger partial charge in [0.2, 0.25) is 0 Å². The first-order valence-electron chi connectivity index (χ1n) is 6.23. The van der Waals surface area contributed by atoms with Gasteiger partial charge in [-0.1, -0.05) is 6.07 Å². The quantitative estimate of drug-likeness (QED) is 0.617. The van der Waals surface area contributed by atoms with Crippen molar-refractivity contribution in [1.29, 1.82) is 0 Å². The van der Waals surface area contributed by atoms with Crippen molar-refractivity contribution in [3.63, 3.8) is 0 Å². The van der Waals surface area contributed by atoms with Gasteiger partial charge in [0.25, 0.3) is 0 Å². The largest absolute Gasteiger partial charge is 0.507 e. The highest BCUT2D eigenvalue weighted by Crippen LogP contribution is 2.32. The second-order valence-corrected chi connectivity index (χ2v) is 5.87. The summed E-state index contributed by atoms with van der Waals surface area (Å²) in [5.41, 5.74) is 1.14. The average Bonchev–Trinajstić information content (AvgIpc) is 2.46. The predicted octanol–water partition coefficient (Wildman–Crippen LogP) is 3.78. The monoisotopic (exact) mass is 394 g/mol. The Morgan fingerprint density at radius 2 is 1.86 bits per heavy atom. The summed E-state index contributed by atoms with van der Waals surface area (Å²) in [5.74, 6) is 0.495. The van der Waals surface area contributed by atoms with Gasteiger partial charge in [-0.2, -0.15) is 0 Å². The van der Waals surface area contributed by atoms with Gasteiger partial charge in [-0.3, -0.25) is 4.79 Å². The number of para-hydroxylation sites is 1. The number of benzene rings is 2. The third kappa shape index (κ3) is 2.27. The van der Waals surface area contributed by atoms with Crippen molar-refractivity contribution < 1.29 is 14.6 Å². The third-order valence-corrected chi connectivity index (χ3v) is 4.20. The Balaban J connectivity index is 2.37. The third-order valence-electron chi connectivity index (χ3n) is 3.33. The molecule has 21 heavy (non-hydrogen) atoms. The summed E-state index contributed by atoms with van der Waals surface area (Å²) in [4.78, 5) is 12.4. The Morgan fingerprint density at radius 1 is 1.10 bits per heavy atom. The zero-order valence-electron chi connectivity index (χ0n) is 11.1. The van der Waals surface area contributed by atoms with Gasteiger partial charge in [-0.05, 0) is 59.8 Å². The zero-order chi connectivity index (χ0) is 15.1. The van der Waals surface area contributed by atoms with E-state index in [0.717, 1.165) is 0 Å². The van der Waals surface area contributed by atoms with Gasteiger partial charge in [0, 0.05) is 11.1 Å². The lowest BCUT2D eigenvalue weighted by molar-refractivity contribution is 0.464. The molecular formula is C16H11IO4. The Morgan fingerprint density at radius 3 is 2.57 bits per heavy atom. The molecule has 3 rings (SSSR count). The van der Waals surface area contributed by atoms with Crippen molar-refractivity contribution >= 4 is 33.6 Å². The van der Waals surface area contributed by atoms with Crippen LogP contribution in [0.4, 0.5) is 0 Å². The van der Waals surface area contributed by atoms with Gasteiger partial charge < -0.3 is 14.6 Å². The highest BCUT2D eigenvalue weighted by molar-refractivity contribution is 14.1. The number of phenolic OH excluding ortho intramolecular Hbond substituents is 2. The maximum Gasteiger partial charge on any atom is 0.196 e. The molecule has 0 fully saturated rings. The van der Waals surface area contributed by atoms with E-state index >= 15 is 0 Å². The SMILES string of the molecule is Cc1c(-c2ccc(O)c(I)c2)oc2c(O)cccc2c1=O. The van der Waals surface area contributed by atoms with E-state index in [-0.39, 0.29) is 22.5 Å². The number of rotatable bonds is 1. The predicted molar refractivity (Wildman–Crippen MR) is 88.7 cm³/mol. The van der Waals surface area contributed by atoms with Gasteiger partial charge in [0.15, 0.2) is 16.8 Å². The molecule has 3 aromatic rings. The lowest BCUT2D eigenvalue weighted by atomic mass is 10.1. The first-order chi connectivity index (χ1) is 9.99. The minimum Gasteiger partial charge on any atom is -0.507 e. The maximum atomic E-state index is 12.4. The molecular weight excluding hydrogens is 383 g/mol. The van der Waals surface area contributed by atoms with Crippen LogP contribution in [0.1, 0.15) is 5.56 Å². The Bertz CT molecular complexity index is 912. The van der Waals surface area contributed by atoms with Crippen molar-refractivity contribution in [2.24, 2.45) is 0 Å². The molecule has 0 aliphatic heterocycles. The summed E-state index contributed by atoms with van der Waals surface area (Å²) in [6.45, 7) is 1.68. The molecule has 0 saturated carbocycles. The molecule has 2 N–H and O–H groups in total. The Hall–Kier alpha value is -2.02. The standard InChI is InChI=1S/C16H11IO4/c1-8-14(20)10-3-2-4-13(19)16(10)21-15(8)9-5-6-12(18)11(17)7-9/h2-7,18-19H,1H3. The summed E-state index contributed by atoms with van der Waals surface area (Å²) >= 11 is 2.00. The van der Waals surface area contributed by atoms with E-state index in [1.165, 1.54) is 6.07 Å². The van der Waals surface area contributed by atoms with Crippen molar-refractivity contribution in [2.75, 3.05) is 0 Å². The summed E-state index contributed by atoms with van der Waals surface area (Å²) in [5, 5.41) is 19.8. The molecule has 0 unspecified atom stereocenters. The molecule has 0 radical (unpaired) electrons. The fourth-order valence-electron chi connectivity index (χ4n) is 2.22. The molecule has 1 heterocycles. The van der Waals surface area contributed by atoms with Crippen LogP contribution in [0.15, 0.2) is 45.6 Å². The topological polar surface area (TPSA) is 70.7 Å². The number of fused-ring (bicyclic) bond motifs is 1. The molecule has 0 aliphatic rings. The molecule has 4 nitrogen and oxygen atoms in total. The molecule has 106 valence electrons. The Kier molecular flexibility index (Phi) is 3.36. The van der Waals surface area contributed by atoms with E-state index in [9.17, 15) is 15.0 Å². The smallest absolute Gasteiger partial charge is 0.196 e. The van der Waals surface area contributed by atoms with Gasteiger partial charge >= 0.3 is 0 Å². The van der Waals surface area contributed by atoms with Crippen molar-refractivity contribution in [3.8, 4) is 22.8 Å². The second-order valence-electron chi connectivity index (χ2n) is 4.71. The van der Waals surface area contributed by atoms with Crippen molar-refractivity contribution in [2.45, 2.75) is 6.92 Å². The lowest BCUT2D eigenvalue weighted by Gasteiger charge is -2.09. The Labute approximate surface area is 133 Å². The van der Waals surface area contributed by atoms with Gasteiger partial charge in [0.1, 0.15) is 11.5 Å². The first kappa shape index (κ1) is 13.9. The molecule has 5 heteroatoms. The fraction of sp³-hybridized carbons (Fsp3) is 0.0625. The maximum absolute atomic E-state index is 12.4. The molecule has 0 spiro atoms. The summed E-state index contributed by atoms with van der Waals surface area (Å²) in [6, 6.07) is 9.66. The van der Waals surface area contributed by atoms with Crippen LogP contribution < -0.4 is 5.43 Å². The van der Waals surface area contributed by atoms with Crippen LogP contribution in [0.5, 0.6) is 11.5 Å². The lowest BCUT2D eigenvalue weighted by Crippen LogP contribution is -2.07. The van der Waals surface area contributed by atoms with Crippen LogP contribution in [0.2, 0.25) is 0 Å². The molecule has 0 saturated heterocycles. The molecule has 0 atom stereocenters. The summed E-state index contributed by atoms with van der Waals surface area (Å²) in [6.07, 6.45) is 0. The van der Waals surface area contributed by atoms with Gasteiger partial charge in [-0.25, -0.2) is 0 Å². The van der Waals surface area contributed by atoms with Crippen LogP contribution in [-0.2, 0) is 0 Å². The van der Waals surface area contributed by atoms with E-state index in [1.54, 1.807) is 37.3 Å². The number of hydrogen-bond acceptors (Lipinski definition) is 4. The molecule has 2 aromatic carbocycles. The van der Waals surface area contributed by atoms with Crippen molar-refractivity contribution in [1.82, 2.24) is 0 Å². The van der Waals surface area contributed by atoms with Crippen LogP contribution >= 0.6 is 22.6 Å². The van der Waals surface area contributed by atoms with Crippen LogP contribution in [0.25, 0.3) is 22.3 Å². The van der Waals surface area contributed by atoms with Crippen LogP contribution in [0, 0.1) is 10.5 Å². The van der Waals surface area contributed by atoms with Crippen LogP contribution in [0.3, 0.4) is 0 Å². The fourth-order valence-corrected chi connectivity index (χ4v) is 2.73. The summed E-state index contributed by atoms with van der Waals surface area (Å²) in [7, 11) is 0. The van der Waals surface area contributed by atoms with E-state index < -0.39 is 0 Å². The van der Waals surface area contributed by atoms with E-state index in [1.807, 2.05) is 22.6 Å². The highest BCUT2D eigenvalue weighted by atomic mass is 127. The van der Waals surface area contributed by atoms with Crippen molar-refractivity contribution in [3.05, 3.63) is 55.8 Å². The normalized spacial score (nSPS) is 11.0. The second kappa shape index (κ2) is 5.07. The number of aromatic hydroxyl groups is 2. The van der Waals surface area contributed by atoms with Crippen LogP contribution in [-0.4, -0.2) is 10.2 Å². The van der Waals surface area contributed by atoms with E-state index in [4.69, 9.17) is 4.42 Å². The highest BCUT2D eigenvalue weighted by Gasteiger charge is 2.15. The first-order valence-corrected chi connectivity index (χ1v) is 7.31.